The minimum absolute atomic E-state index is 0.759. The van der Waals surface area contributed by atoms with E-state index < -0.39 is 0 Å². The van der Waals surface area contributed by atoms with E-state index in [9.17, 15) is 0 Å². The van der Waals surface area contributed by atoms with E-state index in [0.29, 0.717) is 0 Å². The van der Waals surface area contributed by atoms with E-state index in [4.69, 9.17) is 10.5 Å². The first-order valence-corrected chi connectivity index (χ1v) is 4.82. The van der Waals surface area contributed by atoms with Crippen LogP contribution in [0.3, 0.4) is 0 Å². The largest absolute Gasteiger partial charge is 0.394 e. The quantitative estimate of drug-likeness (QED) is 0.694. The number of ether oxygens (including phenoxy) is 1. The van der Waals surface area contributed by atoms with Crippen molar-refractivity contribution in [3.05, 3.63) is 5.69 Å². The summed E-state index contributed by atoms with van der Waals surface area (Å²) in [6.07, 6.45) is 0. The highest BCUT2D eigenvalue weighted by molar-refractivity contribution is 5.65. The normalized spacial score (nSPS) is 17.4. The minimum Gasteiger partial charge on any atom is -0.394 e. The van der Waals surface area contributed by atoms with Crippen LogP contribution in [0.2, 0.25) is 0 Å². The molecule has 0 aromatic carbocycles. The van der Waals surface area contributed by atoms with Gasteiger partial charge in [0, 0.05) is 20.1 Å². The number of nitrogens with two attached hydrogens (primary N) is 1. The van der Waals surface area contributed by atoms with Gasteiger partial charge in [-0.25, -0.2) is 0 Å². The van der Waals surface area contributed by atoms with Gasteiger partial charge in [-0.05, 0) is 6.92 Å². The maximum atomic E-state index is 5.97. The standard InChI is InChI=1S/C9H16N4O/c1-7-8(10)9(11-12(7)2)13-3-5-14-6-4-13/h3-6,10H2,1-2H3. The van der Waals surface area contributed by atoms with E-state index in [1.54, 1.807) is 0 Å². The van der Waals surface area contributed by atoms with Crippen molar-refractivity contribution in [3.63, 3.8) is 0 Å². The molecule has 0 radical (unpaired) electrons. The van der Waals surface area contributed by atoms with Crippen molar-refractivity contribution in [1.29, 1.82) is 0 Å². The zero-order valence-corrected chi connectivity index (χ0v) is 8.66. The molecule has 2 rings (SSSR count). The van der Waals surface area contributed by atoms with Crippen molar-refractivity contribution in [2.45, 2.75) is 6.92 Å². The molecule has 1 aromatic rings. The molecule has 78 valence electrons. The van der Waals surface area contributed by atoms with Crippen molar-refractivity contribution >= 4 is 11.5 Å². The fraction of sp³-hybridized carbons (Fsp3) is 0.667. The molecule has 2 heterocycles. The first-order valence-electron chi connectivity index (χ1n) is 4.82. The molecular weight excluding hydrogens is 180 g/mol. The number of hydrogen-bond acceptors (Lipinski definition) is 4. The molecule has 5 heteroatoms. The summed E-state index contributed by atoms with van der Waals surface area (Å²) in [6, 6.07) is 0. The Morgan fingerprint density at radius 3 is 2.50 bits per heavy atom. The summed E-state index contributed by atoms with van der Waals surface area (Å²) < 4.78 is 7.10. The Kier molecular flexibility index (Phi) is 2.33. The van der Waals surface area contributed by atoms with Crippen molar-refractivity contribution in [3.8, 4) is 0 Å². The summed E-state index contributed by atoms with van der Waals surface area (Å²) in [5.41, 5.74) is 7.77. The lowest BCUT2D eigenvalue weighted by molar-refractivity contribution is 0.122. The van der Waals surface area contributed by atoms with Crippen LogP contribution >= 0.6 is 0 Å². The van der Waals surface area contributed by atoms with Crippen LogP contribution in [0.25, 0.3) is 0 Å². The van der Waals surface area contributed by atoms with Gasteiger partial charge < -0.3 is 15.4 Å². The lowest BCUT2D eigenvalue weighted by Crippen LogP contribution is -2.36. The molecule has 1 aromatic heterocycles. The van der Waals surface area contributed by atoms with Gasteiger partial charge in [-0.3, -0.25) is 4.68 Å². The first-order chi connectivity index (χ1) is 6.70. The fourth-order valence-electron chi connectivity index (χ4n) is 1.62. The predicted octanol–water partition coefficient (Wildman–Crippen LogP) is 0.147. The van der Waals surface area contributed by atoms with Gasteiger partial charge in [0.25, 0.3) is 0 Å². The van der Waals surface area contributed by atoms with E-state index in [-0.39, 0.29) is 0 Å². The molecule has 2 N–H and O–H groups in total. The van der Waals surface area contributed by atoms with Gasteiger partial charge in [-0.15, -0.1) is 0 Å². The Hall–Kier alpha value is -1.23. The molecule has 1 saturated heterocycles. The van der Waals surface area contributed by atoms with Crippen LogP contribution < -0.4 is 10.6 Å². The number of hydrogen-bond donors (Lipinski definition) is 1. The lowest BCUT2D eigenvalue weighted by atomic mass is 10.3. The number of rotatable bonds is 1. The minimum atomic E-state index is 0.759. The SMILES string of the molecule is Cc1c(N)c(N2CCOCC2)nn1C. The van der Waals surface area contributed by atoms with Crippen molar-refractivity contribution in [2.75, 3.05) is 36.9 Å². The monoisotopic (exact) mass is 196 g/mol. The van der Waals surface area contributed by atoms with E-state index in [0.717, 1.165) is 43.5 Å². The van der Waals surface area contributed by atoms with E-state index in [2.05, 4.69) is 10.00 Å². The summed E-state index contributed by atoms with van der Waals surface area (Å²) >= 11 is 0. The average molecular weight is 196 g/mol. The predicted molar refractivity (Wildman–Crippen MR) is 55.4 cm³/mol. The Balaban J connectivity index is 2.26. The van der Waals surface area contributed by atoms with Crippen LogP contribution in [0.15, 0.2) is 0 Å². The van der Waals surface area contributed by atoms with Crippen molar-refractivity contribution in [2.24, 2.45) is 7.05 Å². The highest BCUT2D eigenvalue weighted by atomic mass is 16.5. The number of aryl methyl sites for hydroxylation is 1. The molecule has 14 heavy (non-hydrogen) atoms. The molecule has 0 saturated carbocycles. The van der Waals surface area contributed by atoms with E-state index >= 15 is 0 Å². The van der Waals surface area contributed by atoms with E-state index in [1.807, 2.05) is 18.7 Å². The molecule has 0 bridgehead atoms. The van der Waals surface area contributed by atoms with Gasteiger partial charge in [-0.1, -0.05) is 0 Å². The van der Waals surface area contributed by atoms with Gasteiger partial charge in [0.15, 0.2) is 5.82 Å². The molecule has 1 aliphatic heterocycles. The van der Waals surface area contributed by atoms with Gasteiger partial charge in [0.2, 0.25) is 0 Å². The molecule has 1 aliphatic rings. The molecule has 0 atom stereocenters. The number of nitrogens with zero attached hydrogens (tertiary/aromatic N) is 3. The molecule has 0 aliphatic carbocycles. The number of morpholine rings is 1. The second kappa shape index (κ2) is 3.49. The average Bonchev–Trinajstić information content (AvgIpc) is 2.47. The third kappa shape index (κ3) is 1.43. The second-order valence-corrected chi connectivity index (χ2v) is 3.55. The molecule has 0 amide bonds. The van der Waals surface area contributed by atoms with Crippen LogP contribution in [0, 0.1) is 6.92 Å². The van der Waals surface area contributed by atoms with Crippen LogP contribution in [0.5, 0.6) is 0 Å². The van der Waals surface area contributed by atoms with Gasteiger partial charge >= 0.3 is 0 Å². The first kappa shape index (κ1) is 9.33. The second-order valence-electron chi connectivity index (χ2n) is 3.55. The maximum Gasteiger partial charge on any atom is 0.174 e. The number of nitrogen functional groups attached to an aromatic ring is 1. The maximum absolute atomic E-state index is 5.97. The van der Waals surface area contributed by atoms with Crippen molar-refractivity contribution < 1.29 is 4.74 Å². The van der Waals surface area contributed by atoms with Crippen LogP contribution in [-0.2, 0) is 11.8 Å². The Bertz CT molecular complexity index is 328. The Labute approximate surface area is 83.4 Å². The van der Waals surface area contributed by atoms with Crippen LogP contribution in [-0.4, -0.2) is 36.1 Å². The smallest absolute Gasteiger partial charge is 0.174 e. The van der Waals surface area contributed by atoms with Crippen molar-refractivity contribution in [1.82, 2.24) is 9.78 Å². The summed E-state index contributed by atoms with van der Waals surface area (Å²) in [4.78, 5) is 2.17. The summed E-state index contributed by atoms with van der Waals surface area (Å²) in [5.74, 6) is 0.897. The fourth-order valence-corrected chi connectivity index (χ4v) is 1.62. The van der Waals surface area contributed by atoms with Crippen LogP contribution in [0.1, 0.15) is 5.69 Å². The molecule has 5 nitrogen and oxygen atoms in total. The van der Waals surface area contributed by atoms with E-state index in [1.165, 1.54) is 0 Å². The number of aromatic nitrogens is 2. The zero-order valence-electron chi connectivity index (χ0n) is 8.66. The lowest BCUT2D eigenvalue weighted by Gasteiger charge is -2.27. The Morgan fingerprint density at radius 2 is 2.00 bits per heavy atom. The molecule has 1 fully saturated rings. The topological polar surface area (TPSA) is 56.3 Å². The van der Waals surface area contributed by atoms with Gasteiger partial charge in [0.1, 0.15) is 0 Å². The highest BCUT2D eigenvalue weighted by Gasteiger charge is 2.18. The summed E-state index contributed by atoms with van der Waals surface area (Å²) in [6.45, 7) is 5.25. The molecular formula is C9H16N4O. The van der Waals surface area contributed by atoms with Gasteiger partial charge in [0.05, 0.1) is 24.6 Å². The summed E-state index contributed by atoms with van der Waals surface area (Å²) in [7, 11) is 1.91. The number of anilines is 2. The third-order valence-electron chi connectivity index (χ3n) is 2.67. The molecule has 0 spiro atoms. The molecule has 0 unspecified atom stereocenters. The third-order valence-corrected chi connectivity index (χ3v) is 2.67. The van der Waals surface area contributed by atoms with Gasteiger partial charge in [-0.2, -0.15) is 5.10 Å². The Morgan fingerprint density at radius 1 is 1.36 bits per heavy atom. The zero-order chi connectivity index (χ0) is 10.1. The highest BCUT2D eigenvalue weighted by Crippen LogP contribution is 2.24. The summed E-state index contributed by atoms with van der Waals surface area (Å²) in [5, 5.41) is 4.40. The van der Waals surface area contributed by atoms with Crippen LogP contribution in [0.4, 0.5) is 11.5 Å².